The van der Waals surface area contributed by atoms with Crippen LogP contribution in [0.2, 0.25) is 0 Å². The van der Waals surface area contributed by atoms with Crippen molar-refractivity contribution >= 4 is 23.2 Å². The molecule has 2 aromatic rings. The Morgan fingerprint density at radius 1 is 0.727 bits per heavy atom. The van der Waals surface area contributed by atoms with Crippen LogP contribution in [0.1, 0.15) is 95.2 Å². The molecule has 0 spiro atoms. The lowest BCUT2D eigenvalue weighted by Gasteiger charge is -2.11. The predicted octanol–water partition coefficient (Wildman–Crippen LogP) is 8.99. The first-order chi connectivity index (χ1) is 16.2. The molecule has 2 rings (SSSR count). The van der Waals surface area contributed by atoms with Crippen LogP contribution in [0, 0.1) is 0 Å². The molecule has 0 aromatic heterocycles. The maximum Gasteiger partial charge on any atom is 0.123 e. The Labute approximate surface area is 207 Å². The van der Waals surface area contributed by atoms with Crippen molar-refractivity contribution in [2.45, 2.75) is 85.0 Å². The Balaban J connectivity index is 2.05. The molecule has 0 atom stereocenters. The number of benzene rings is 2. The minimum Gasteiger partial charge on any atom is -0.493 e. The van der Waals surface area contributed by atoms with E-state index in [-0.39, 0.29) is 0 Å². The van der Waals surface area contributed by atoms with Crippen LogP contribution in [0.3, 0.4) is 0 Å². The Bertz CT molecular complexity index is 807. The second kappa shape index (κ2) is 16.5. The average molecular weight is 467 g/mol. The number of aryl methyl sites for hydroxylation is 1. The predicted molar refractivity (Wildman–Crippen MR) is 147 cm³/mol. The van der Waals surface area contributed by atoms with Gasteiger partial charge in [-0.05, 0) is 54.2 Å². The second-order valence-electron chi connectivity index (χ2n) is 8.70. The van der Waals surface area contributed by atoms with Gasteiger partial charge in [0.05, 0.1) is 13.2 Å². The highest BCUT2D eigenvalue weighted by Crippen LogP contribution is 2.25. The van der Waals surface area contributed by atoms with E-state index < -0.39 is 0 Å². The van der Waals surface area contributed by atoms with E-state index in [0.717, 1.165) is 66.4 Å². The van der Waals surface area contributed by atoms with Gasteiger partial charge in [-0.1, -0.05) is 108 Å². The number of unbranched alkanes of at least 4 members (excludes halogenated alkanes) is 6. The first kappa shape index (κ1) is 27.1. The van der Waals surface area contributed by atoms with Gasteiger partial charge >= 0.3 is 0 Å². The molecule has 0 amide bonds. The second-order valence-corrected chi connectivity index (χ2v) is 9.14. The van der Waals surface area contributed by atoms with Crippen molar-refractivity contribution in [3.05, 3.63) is 65.2 Å². The molecule has 0 fully saturated rings. The molecule has 0 aliphatic heterocycles. The van der Waals surface area contributed by atoms with Crippen molar-refractivity contribution in [2.24, 2.45) is 0 Å². The summed E-state index contributed by atoms with van der Waals surface area (Å²) in [5, 5.41) is 0. The van der Waals surface area contributed by atoms with E-state index in [0.29, 0.717) is 0 Å². The molecular weight excluding hydrogens is 424 g/mol. The molecule has 0 aliphatic carbocycles. The molecule has 180 valence electrons. The summed E-state index contributed by atoms with van der Waals surface area (Å²) in [6.07, 6.45) is 15.9. The van der Waals surface area contributed by atoms with Crippen LogP contribution < -0.4 is 9.47 Å². The Kier molecular flexibility index (Phi) is 13.5. The van der Waals surface area contributed by atoms with E-state index in [1.165, 1.54) is 44.1 Å². The van der Waals surface area contributed by atoms with E-state index in [9.17, 15) is 0 Å². The largest absolute Gasteiger partial charge is 0.493 e. The van der Waals surface area contributed by atoms with E-state index in [4.69, 9.17) is 21.7 Å². The highest BCUT2D eigenvalue weighted by atomic mass is 32.1. The maximum atomic E-state index is 6.06. The molecule has 2 aromatic carbocycles. The Hall–Kier alpha value is -2.13. The number of ether oxygens (including phenoxy) is 2. The standard InChI is InChI=1S/C30H42O2S/c1-4-7-9-11-20-31-28-22-26(23-29(24-28)32-21-12-10-8-5-2)16-19-30(33)27-17-14-25(13-6-3)15-18-27/h14-19,22-24H,4-13,20-21H2,1-3H3. The van der Waals surface area contributed by atoms with Gasteiger partial charge in [0.15, 0.2) is 0 Å². The lowest BCUT2D eigenvalue weighted by Crippen LogP contribution is -2.01. The van der Waals surface area contributed by atoms with Crippen LogP contribution in [0.4, 0.5) is 0 Å². The van der Waals surface area contributed by atoms with Crippen molar-refractivity contribution in [3.8, 4) is 11.5 Å². The number of hydrogen-bond donors (Lipinski definition) is 0. The lowest BCUT2D eigenvalue weighted by atomic mass is 10.1. The summed E-state index contributed by atoms with van der Waals surface area (Å²) in [7, 11) is 0. The molecule has 0 heterocycles. The zero-order valence-corrected chi connectivity index (χ0v) is 21.7. The molecule has 0 aliphatic rings. The number of rotatable bonds is 17. The van der Waals surface area contributed by atoms with Crippen LogP contribution in [-0.2, 0) is 6.42 Å². The molecule has 0 radical (unpaired) electrons. The van der Waals surface area contributed by atoms with Crippen LogP contribution >= 0.6 is 12.2 Å². The van der Waals surface area contributed by atoms with E-state index >= 15 is 0 Å². The molecule has 0 saturated carbocycles. The summed E-state index contributed by atoms with van der Waals surface area (Å²) in [4.78, 5) is 0.839. The van der Waals surface area contributed by atoms with Gasteiger partial charge in [-0.25, -0.2) is 0 Å². The van der Waals surface area contributed by atoms with Gasteiger partial charge in [-0.2, -0.15) is 0 Å². The minimum atomic E-state index is 0.742. The van der Waals surface area contributed by atoms with Crippen molar-refractivity contribution in [1.29, 1.82) is 0 Å². The van der Waals surface area contributed by atoms with Crippen molar-refractivity contribution in [1.82, 2.24) is 0 Å². The fraction of sp³-hybridized carbons (Fsp3) is 0.500. The quantitative estimate of drug-likeness (QED) is 0.100. The smallest absolute Gasteiger partial charge is 0.123 e. The third-order valence-corrected chi connectivity index (χ3v) is 6.01. The van der Waals surface area contributed by atoms with Gasteiger partial charge < -0.3 is 9.47 Å². The van der Waals surface area contributed by atoms with Gasteiger partial charge in [0, 0.05) is 10.9 Å². The monoisotopic (exact) mass is 466 g/mol. The van der Waals surface area contributed by atoms with Gasteiger partial charge in [0.2, 0.25) is 0 Å². The molecule has 2 nitrogen and oxygen atoms in total. The van der Waals surface area contributed by atoms with Crippen molar-refractivity contribution in [2.75, 3.05) is 13.2 Å². The molecule has 0 saturated heterocycles. The van der Waals surface area contributed by atoms with Gasteiger partial charge in [-0.3, -0.25) is 0 Å². The molecular formula is C30H42O2S. The van der Waals surface area contributed by atoms with Crippen LogP contribution in [0.5, 0.6) is 11.5 Å². The van der Waals surface area contributed by atoms with Crippen LogP contribution in [0.25, 0.3) is 6.08 Å². The minimum absolute atomic E-state index is 0.742. The van der Waals surface area contributed by atoms with E-state index in [1.54, 1.807) is 0 Å². The first-order valence-electron chi connectivity index (χ1n) is 12.9. The zero-order chi connectivity index (χ0) is 23.7. The summed E-state index contributed by atoms with van der Waals surface area (Å²) in [6.45, 7) is 8.14. The summed E-state index contributed by atoms with van der Waals surface area (Å²) in [5.74, 6) is 1.74. The first-order valence-corrected chi connectivity index (χ1v) is 13.3. The fourth-order valence-corrected chi connectivity index (χ4v) is 3.89. The highest BCUT2D eigenvalue weighted by molar-refractivity contribution is 7.81. The van der Waals surface area contributed by atoms with E-state index in [2.05, 4.69) is 63.2 Å². The molecule has 0 unspecified atom stereocenters. The maximum absolute atomic E-state index is 6.06. The van der Waals surface area contributed by atoms with E-state index in [1.807, 2.05) is 12.1 Å². The Morgan fingerprint density at radius 3 is 1.82 bits per heavy atom. The lowest BCUT2D eigenvalue weighted by molar-refractivity contribution is 0.290. The van der Waals surface area contributed by atoms with Gasteiger partial charge in [0.1, 0.15) is 11.5 Å². The summed E-state index contributed by atoms with van der Waals surface area (Å²) in [6, 6.07) is 14.8. The molecule has 33 heavy (non-hydrogen) atoms. The average Bonchev–Trinajstić information content (AvgIpc) is 2.83. The van der Waals surface area contributed by atoms with Crippen molar-refractivity contribution < 1.29 is 9.47 Å². The fourth-order valence-electron chi connectivity index (χ4n) is 3.69. The van der Waals surface area contributed by atoms with Crippen LogP contribution in [0.15, 0.2) is 48.5 Å². The number of thiocarbonyl (C=S) groups is 1. The van der Waals surface area contributed by atoms with Gasteiger partial charge in [-0.15, -0.1) is 0 Å². The molecule has 0 N–H and O–H groups in total. The van der Waals surface area contributed by atoms with Crippen molar-refractivity contribution in [3.63, 3.8) is 0 Å². The SMILES string of the molecule is CCCCCCOc1cc(C=CC(=S)c2ccc(CCC)cc2)cc(OCCCCCC)c1. The summed E-state index contributed by atoms with van der Waals surface area (Å²) < 4.78 is 12.1. The third kappa shape index (κ3) is 11.0. The summed E-state index contributed by atoms with van der Waals surface area (Å²) in [5.41, 5.74) is 3.49. The Morgan fingerprint density at radius 2 is 1.30 bits per heavy atom. The summed E-state index contributed by atoms with van der Waals surface area (Å²) >= 11 is 5.66. The number of allylic oxidation sites excluding steroid dienone is 1. The topological polar surface area (TPSA) is 18.5 Å². The molecule has 0 bridgehead atoms. The highest BCUT2D eigenvalue weighted by Gasteiger charge is 2.04. The number of hydrogen-bond acceptors (Lipinski definition) is 3. The van der Waals surface area contributed by atoms with Gasteiger partial charge in [0.25, 0.3) is 0 Å². The normalized spacial score (nSPS) is 11.1. The zero-order valence-electron chi connectivity index (χ0n) is 20.9. The molecule has 3 heteroatoms. The van der Waals surface area contributed by atoms with Crippen LogP contribution in [-0.4, -0.2) is 18.1 Å². The third-order valence-electron chi connectivity index (χ3n) is 5.64.